The van der Waals surface area contributed by atoms with Gasteiger partial charge in [0.05, 0.1) is 29.1 Å². The zero-order valence-electron chi connectivity index (χ0n) is 15.5. The van der Waals surface area contributed by atoms with Crippen molar-refractivity contribution in [2.45, 2.75) is 38.0 Å². The van der Waals surface area contributed by atoms with E-state index < -0.39 is 10.1 Å². The van der Waals surface area contributed by atoms with Gasteiger partial charge in [-0.15, -0.1) is 5.10 Å². The third-order valence-electron chi connectivity index (χ3n) is 4.29. The molecular formula is C20H23N3O3S. The number of aryl methyl sites for hydroxylation is 3. The van der Waals surface area contributed by atoms with Gasteiger partial charge in [0.15, 0.2) is 0 Å². The predicted octanol–water partition coefficient (Wildman–Crippen LogP) is 3.48. The first kappa shape index (κ1) is 19.3. The summed E-state index contributed by atoms with van der Waals surface area (Å²) >= 11 is 0. The molecule has 142 valence electrons. The van der Waals surface area contributed by atoms with Gasteiger partial charge in [0.1, 0.15) is 0 Å². The summed E-state index contributed by atoms with van der Waals surface area (Å²) in [4.78, 5) is 0.176. The Kier molecular flexibility index (Phi) is 6.03. The number of hydrogen-bond donors (Lipinski definition) is 0. The average molecular weight is 385 g/mol. The molecule has 0 spiro atoms. The van der Waals surface area contributed by atoms with Crippen LogP contribution in [0.1, 0.15) is 30.2 Å². The third kappa shape index (κ3) is 4.81. The van der Waals surface area contributed by atoms with Crippen LogP contribution in [-0.2, 0) is 27.1 Å². The molecule has 27 heavy (non-hydrogen) atoms. The quantitative estimate of drug-likeness (QED) is 0.438. The molecule has 0 aliphatic rings. The van der Waals surface area contributed by atoms with E-state index in [1.807, 2.05) is 31.3 Å². The van der Waals surface area contributed by atoms with Crippen LogP contribution >= 0.6 is 0 Å². The highest BCUT2D eigenvalue weighted by Gasteiger charge is 2.14. The fourth-order valence-corrected chi connectivity index (χ4v) is 3.70. The van der Waals surface area contributed by atoms with Crippen molar-refractivity contribution < 1.29 is 12.6 Å². The van der Waals surface area contributed by atoms with Crippen molar-refractivity contribution in [3.63, 3.8) is 0 Å². The van der Waals surface area contributed by atoms with Crippen molar-refractivity contribution in [1.29, 1.82) is 0 Å². The molecule has 3 aromatic rings. The first-order valence-corrected chi connectivity index (χ1v) is 10.4. The van der Waals surface area contributed by atoms with E-state index in [9.17, 15) is 8.42 Å². The second-order valence-electron chi connectivity index (χ2n) is 6.33. The highest BCUT2D eigenvalue weighted by atomic mass is 32.2. The van der Waals surface area contributed by atoms with Crippen LogP contribution in [0.2, 0.25) is 0 Å². The van der Waals surface area contributed by atoms with Gasteiger partial charge in [-0.05, 0) is 49.9 Å². The maximum Gasteiger partial charge on any atom is 0.296 e. The highest BCUT2D eigenvalue weighted by molar-refractivity contribution is 7.86. The van der Waals surface area contributed by atoms with Gasteiger partial charge in [0, 0.05) is 0 Å². The molecule has 1 aromatic heterocycles. The van der Waals surface area contributed by atoms with E-state index in [-0.39, 0.29) is 11.5 Å². The molecule has 0 aliphatic heterocycles. The van der Waals surface area contributed by atoms with Gasteiger partial charge in [-0.25, -0.2) is 4.68 Å². The van der Waals surface area contributed by atoms with E-state index >= 15 is 0 Å². The number of aromatic nitrogens is 3. The van der Waals surface area contributed by atoms with E-state index in [1.54, 1.807) is 28.9 Å². The van der Waals surface area contributed by atoms with Crippen molar-refractivity contribution in [2.75, 3.05) is 6.61 Å². The first-order chi connectivity index (χ1) is 13.0. The number of benzene rings is 2. The van der Waals surface area contributed by atoms with Gasteiger partial charge in [-0.3, -0.25) is 4.18 Å². The molecule has 2 aromatic carbocycles. The molecule has 0 unspecified atom stereocenters. The van der Waals surface area contributed by atoms with E-state index in [4.69, 9.17) is 4.18 Å². The van der Waals surface area contributed by atoms with Crippen molar-refractivity contribution in [3.05, 3.63) is 71.5 Å². The monoisotopic (exact) mass is 385 g/mol. The van der Waals surface area contributed by atoms with Crippen LogP contribution in [0.3, 0.4) is 0 Å². The van der Waals surface area contributed by atoms with Crippen molar-refractivity contribution >= 4 is 10.1 Å². The Morgan fingerprint density at radius 1 is 1.07 bits per heavy atom. The van der Waals surface area contributed by atoms with Gasteiger partial charge in [0.2, 0.25) is 0 Å². The average Bonchev–Trinajstić information content (AvgIpc) is 3.14. The summed E-state index contributed by atoms with van der Waals surface area (Å²) in [5, 5.41) is 8.36. The molecule has 3 rings (SSSR count). The molecule has 7 heteroatoms. The Balaban J connectivity index is 1.56. The number of rotatable bonds is 8. The van der Waals surface area contributed by atoms with E-state index in [0.29, 0.717) is 12.8 Å². The summed E-state index contributed by atoms with van der Waals surface area (Å²) in [6.45, 7) is 4.11. The van der Waals surface area contributed by atoms with Gasteiger partial charge in [-0.2, -0.15) is 8.42 Å². The lowest BCUT2D eigenvalue weighted by atomic mass is 10.1. The molecule has 0 fully saturated rings. The molecule has 0 saturated heterocycles. The SMILES string of the molecule is CCc1ccccc1-n1cc(CCCOS(=O)(=O)c2ccc(C)cc2)nn1. The van der Waals surface area contributed by atoms with E-state index in [1.165, 1.54) is 5.56 Å². The molecule has 1 heterocycles. The topological polar surface area (TPSA) is 74.1 Å². The van der Waals surface area contributed by atoms with Crippen LogP contribution in [0.5, 0.6) is 0 Å². The van der Waals surface area contributed by atoms with Crippen LogP contribution in [-0.4, -0.2) is 30.0 Å². The maximum atomic E-state index is 12.2. The largest absolute Gasteiger partial charge is 0.296 e. The van der Waals surface area contributed by atoms with Crippen LogP contribution in [0.15, 0.2) is 59.6 Å². The standard InChI is InChI=1S/C20H23N3O3S/c1-3-17-7-4-5-9-20(17)23-15-18(21-22-23)8-6-14-26-27(24,25)19-12-10-16(2)11-13-19/h4-5,7,9-13,15H,3,6,8,14H2,1-2H3. The fourth-order valence-electron chi connectivity index (χ4n) is 2.76. The van der Waals surface area contributed by atoms with E-state index in [2.05, 4.69) is 23.3 Å². The smallest absolute Gasteiger partial charge is 0.266 e. The maximum absolute atomic E-state index is 12.2. The second kappa shape index (κ2) is 8.45. The second-order valence-corrected chi connectivity index (χ2v) is 7.94. The lowest BCUT2D eigenvalue weighted by Crippen LogP contribution is -2.08. The zero-order chi connectivity index (χ0) is 19.3. The van der Waals surface area contributed by atoms with Crippen molar-refractivity contribution in [1.82, 2.24) is 15.0 Å². The Bertz CT molecular complexity index is 995. The van der Waals surface area contributed by atoms with Gasteiger partial charge < -0.3 is 0 Å². The molecule has 0 atom stereocenters. The lowest BCUT2D eigenvalue weighted by Gasteiger charge is -2.06. The molecule has 0 amide bonds. The van der Waals surface area contributed by atoms with Gasteiger partial charge in [0.25, 0.3) is 10.1 Å². The van der Waals surface area contributed by atoms with Crippen LogP contribution in [0.4, 0.5) is 0 Å². The third-order valence-corrected chi connectivity index (χ3v) is 5.61. The summed E-state index contributed by atoms with van der Waals surface area (Å²) in [6, 6.07) is 14.7. The minimum absolute atomic E-state index is 0.106. The highest BCUT2D eigenvalue weighted by Crippen LogP contribution is 2.16. The Hall–Kier alpha value is -2.51. The van der Waals surface area contributed by atoms with Crippen LogP contribution < -0.4 is 0 Å². The van der Waals surface area contributed by atoms with E-state index in [0.717, 1.165) is 23.4 Å². The van der Waals surface area contributed by atoms with Crippen LogP contribution in [0.25, 0.3) is 5.69 Å². The Morgan fingerprint density at radius 2 is 1.81 bits per heavy atom. The summed E-state index contributed by atoms with van der Waals surface area (Å²) in [7, 11) is -3.72. The van der Waals surface area contributed by atoms with Gasteiger partial charge in [-0.1, -0.05) is 48.0 Å². The Labute approximate surface area is 159 Å². The summed E-state index contributed by atoms with van der Waals surface area (Å²) in [5.74, 6) is 0. The Morgan fingerprint density at radius 3 is 2.56 bits per heavy atom. The summed E-state index contributed by atoms with van der Waals surface area (Å²) in [5.41, 5.74) is 4.01. The molecule has 0 bridgehead atoms. The first-order valence-electron chi connectivity index (χ1n) is 8.95. The fraction of sp³-hybridized carbons (Fsp3) is 0.300. The normalized spacial score (nSPS) is 11.6. The van der Waals surface area contributed by atoms with Gasteiger partial charge >= 0.3 is 0 Å². The zero-order valence-corrected chi connectivity index (χ0v) is 16.3. The van der Waals surface area contributed by atoms with Crippen molar-refractivity contribution in [3.8, 4) is 5.69 Å². The molecule has 0 saturated carbocycles. The summed E-state index contributed by atoms with van der Waals surface area (Å²) < 4.78 is 31.2. The molecule has 6 nitrogen and oxygen atoms in total. The van der Waals surface area contributed by atoms with Crippen LogP contribution in [0, 0.1) is 6.92 Å². The predicted molar refractivity (Wildman–Crippen MR) is 103 cm³/mol. The molecule has 0 aliphatic carbocycles. The summed E-state index contributed by atoms with van der Waals surface area (Å²) in [6.07, 6.45) is 3.93. The number of para-hydroxylation sites is 1. The minimum Gasteiger partial charge on any atom is -0.266 e. The molecule has 0 N–H and O–H groups in total. The lowest BCUT2D eigenvalue weighted by molar-refractivity contribution is 0.312. The molecule has 0 radical (unpaired) electrons. The molecular weight excluding hydrogens is 362 g/mol. The van der Waals surface area contributed by atoms with Crippen molar-refractivity contribution in [2.24, 2.45) is 0 Å². The number of nitrogens with zero attached hydrogens (tertiary/aromatic N) is 3. The minimum atomic E-state index is -3.72. The number of hydrogen-bond acceptors (Lipinski definition) is 5.